The zero-order valence-electron chi connectivity index (χ0n) is 20.1. The first kappa shape index (κ1) is 22.8. The lowest BCUT2D eigenvalue weighted by Gasteiger charge is -2.36. The van der Waals surface area contributed by atoms with Crippen molar-refractivity contribution in [1.82, 2.24) is 24.6 Å². The molecule has 0 N–H and O–H groups in total. The number of aryl methyl sites for hydroxylation is 2. The first-order valence-electron chi connectivity index (χ1n) is 11.4. The number of carbonyl (C=O) groups is 1. The minimum absolute atomic E-state index is 0.0663. The number of nitrogens with zero attached hydrogens (tertiary/aromatic N) is 6. The van der Waals surface area contributed by atoms with E-state index in [4.69, 9.17) is 9.72 Å². The summed E-state index contributed by atoms with van der Waals surface area (Å²) in [4.78, 5) is 26.8. The molecular weight excluding hydrogens is 416 g/mol. The molecule has 0 aliphatic carbocycles. The lowest BCUT2D eigenvalue weighted by Crippen LogP contribution is -2.41. The molecular formula is C25H32N6O2. The fraction of sp³-hybridized carbons (Fsp3) is 0.440. The summed E-state index contributed by atoms with van der Waals surface area (Å²) in [5, 5.41) is 4.49. The summed E-state index contributed by atoms with van der Waals surface area (Å²) in [6.07, 6.45) is 4.79. The Morgan fingerprint density at radius 2 is 1.94 bits per heavy atom. The molecule has 0 bridgehead atoms. The molecule has 1 fully saturated rings. The molecule has 3 heterocycles. The molecule has 0 unspecified atom stereocenters. The van der Waals surface area contributed by atoms with Crippen LogP contribution in [0.2, 0.25) is 0 Å². The van der Waals surface area contributed by atoms with E-state index < -0.39 is 0 Å². The van der Waals surface area contributed by atoms with Crippen molar-refractivity contribution in [1.29, 1.82) is 0 Å². The molecule has 33 heavy (non-hydrogen) atoms. The Hall–Kier alpha value is -3.42. The van der Waals surface area contributed by atoms with Crippen LogP contribution >= 0.6 is 0 Å². The number of ether oxygens (including phenoxy) is 1. The number of piperidine rings is 1. The van der Waals surface area contributed by atoms with Crippen molar-refractivity contribution in [2.75, 3.05) is 32.6 Å². The minimum atomic E-state index is -0.109. The molecule has 4 rings (SSSR count). The van der Waals surface area contributed by atoms with Crippen LogP contribution in [0.25, 0.3) is 11.1 Å². The zero-order valence-corrected chi connectivity index (χ0v) is 20.1. The molecule has 8 heteroatoms. The Labute approximate surface area is 195 Å². The first-order chi connectivity index (χ1) is 15.9. The maximum absolute atomic E-state index is 13.5. The lowest BCUT2D eigenvalue weighted by molar-refractivity contribution is -0.136. The highest BCUT2D eigenvalue weighted by atomic mass is 16.5. The molecule has 0 radical (unpaired) electrons. The number of hydrogen-bond acceptors (Lipinski definition) is 6. The summed E-state index contributed by atoms with van der Waals surface area (Å²) in [6, 6.07) is 9.79. The van der Waals surface area contributed by atoms with Gasteiger partial charge in [0.05, 0.1) is 24.5 Å². The van der Waals surface area contributed by atoms with Gasteiger partial charge in [0.15, 0.2) is 0 Å². The maximum atomic E-state index is 13.5. The minimum Gasteiger partial charge on any atom is -0.497 e. The van der Waals surface area contributed by atoms with Crippen LogP contribution < -0.4 is 9.64 Å². The first-order valence-corrected chi connectivity index (χ1v) is 11.4. The average Bonchev–Trinajstić information content (AvgIpc) is 3.14. The smallest absolute Gasteiger partial charge is 0.244 e. The van der Waals surface area contributed by atoms with Crippen LogP contribution in [0.4, 0.5) is 5.95 Å². The van der Waals surface area contributed by atoms with E-state index in [0.717, 1.165) is 53.2 Å². The third kappa shape index (κ3) is 4.84. The average molecular weight is 449 g/mol. The third-order valence-corrected chi connectivity index (χ3v) is 6.13. The van der Waals surface area contributed by atoms with Crippen LogP contribution in [0.15, 0.2) is 36.5 Å². The van der Waals surface area contributed by atoms with E-state index in [0.29, 0.717) is 12.5 Å². The fourth-order valence-electron chi connectivity index (χ4n) is 4.42. The van der Waals surface area contributed by atoms with E-state index in [-0.39, 0.29) is 18.5 Å². The molecule has 1 saturated heterocycles. The van der Waals surface area contributed by atoms with Gasteiger partial charge in [-0.2, -0.15) is 5.10 Å². The van der Waals surface area contributed by atoms with Crippen LogP contribution in [0.1, 0.15) is 42.4 Å². The number of benzene rings is 1. The molecule has 1 aromatic carbocycles. The highest BCUT2D eigenvalue weighted by Gasteiger charge is 2.32. The number of carbonyl (C=O) groups excluding carboxylic acids is 1. The Kier molecular flexibility index (Phi) is 6.62. The van der Waals surface area contributed by atoms with Crippen molar-refractivity contribution < 1.29 is 9.53 Å². The van der Waals surface area contributed by atoms with Crippen molar-refractivity contribution in [3.63, 3.8) is 0 Å². The number of methoxy groups -OCH3 is 1. The van der Waals surface area contributed by atoms with Crippen molar-refractivity contribution >= 4 is 11.9 Å². The second-order valence-corrected chi connectivity index (χ2v) is 8.78. The normalized spacial score (nSPS) is 16.0. The summed E-state index contributed by atoms with van der Waals surface area (Å²) in [7, 11) is 5.52. The van der Waals surface area contributed by atoms with Gasteiger partial charge in [0, 0.05) is 38.1 Å². The number of amides is 1. The van der Waals surface area contributed by atoms with Gasteiger partial charge in [0.2, 0.25) is 11.9 Å². The second-order valence-electron chi connectivity index (χ2n) is 8.78. The Morgan fingerprint density at radius 1 is 1.18 bits per heavy atom. The number of likely N-dealkylation sites (tertiary alicyclic amines) is 1. The van der Waals surface area contributed by atoms with Crippen molar-refractivity contribution in [2.24, 2.45) is 0 Å². The monoisotopic (exact) mass is 448 g/mol. The molecule has 2 aromatic heterocycles. The van der Waals surface area contributed by atoms with E-state index in [1.165, 1.54) is 0 Å². The number of rotatable bonds is 6. The van der Waals surface area contributed by atoms with E-state index in [1.54, 1.807) is 11.8 Å². The van der Waals surface area contributed by atoms with Crippen molar-refractivity contribution in [3.05, 3.63) is 53.6 Å². The number of hydrogen-bond donors (Lipinski definition) is 0. The largest absolute Gasteiger partial charge is 0.497 e. The van der Waals surface area contributed by atoms with Crippen LogP contribution in [0.3, 0.4) is 0 Å². The molecule has 3 aromatic rings. The highest BCUT2D eigenvalue weighted by molar-refractivity contribution is 5.77. The Balaban J connectivity index is 1.72. The predicted molar refractivity (Wildman–Crippen MR) is 128 cm³/mol. The van der Waals surface area contributed by atoms with Crippen LogP contribution in [-0.2, 0) is 11.3 Å². The SMILES string of the molecule is COc1ccc(-c2cnc(N(C)C)nc2[C@H]2CCCCN2C(=O)Cn2nc(C)cc2C)cc1. The molecule has 0 spiro atoms. The summed E-state index contributed by atoms with van der Waals surface area (Å²) in [6.45, 7) is 4.88. The van der Waals surface area contributed by atoms with Crippen LogP contribution in [-0.4, -0.2) is 58.3 Å². The topological polar surface area (TPSA) is 76.4 Å². The van der Waals surface area contributed by atoms with Gasteiger partial charge in [0.25, 0.3) is 0 Å². The quantitative estimate of drug-likeness (QED) is 0.571. The molecule has 1 atom stereocenters. The molecule has 0 saturated carbocycles. The van der Waals surface area contributed by atoms with Gasteiger partial charge in [0.1, 0.15) is 12.3 Å². The third-order valence-electron chi connectivity index (χ3n) is 6.13. The van der Waals surface area contributed by atoms with Gasteiger partial charge >= 0.3 is 0 Å². The summed E-state index contributed by atoms with van der Waals surface area (Å²) in [5.41, 5.74) is 4.75. The molecule has 1 amide bonds. The molecule has 1 aliphatic rings. The maximum Gasteiger partial charge on any atom is 0.244 e. The zero-order chi connectivity index (χ0) is 23.5. The Morgan fingerprint density at radius 3 is 2.58 bits per heavy atom. The van der Waals surface area contributed by atoms with E-state index in [2.05, 4.69) is 10.1 Å². The predicted octanol–water partition coefficient (Wildman–Crippen LogP) is 3.79. The fourth-order valence-corrected chi connectivity index (χ4v) is 4.42. The van der Waals surface area contributed by atoms with Gasteiger partial charge in [-0.25, -0.2) is 9.97 Å². The number of anilines is 1. The van der Waals surface area contributed by atoms with Gasteiger partial charge in [-0.3, -0.25) is 9.48 Å². The van der Waals surface area contributed by atoms with E-state index >= 15 is 0 Å². The second kappa shape index (κ2) is 9.60. The van der Waals surface area contributed by atoms with E-state index in [9.17, 15) is 4.79 Å². The van der Waals surface area contributed by atoms with Crippen molar-refractivity contribution in [2.45, 2.75) is 45.7 Å². The Bertz CT molecular complexity index is 1120. The lowest BCUT2D eigenvalue weighted by atomic mass is 9.93. The van der Waals surface area contributed by atoms with Crippen LogP contribution in [0, 0.1) is 13.8 Å². The van der Waals surface area contributed by atoms with Gasteiger partial charge < -0.3 is 14.5 Å². The summed E-state index contributed by atoms with van der Waals surface area (Å²) >= 11 is 0. The van der Waals surface area contributed by atoms with Crippen LogP contribution in [0.5, 0.6) is 5.75 Å². The summed E-state index contributed by atoms with van der Waals surface area (Å²) < 4.78 is 7.11. The van der Waals surface area contributed by atoms with Crippen molar-refractivity contribution in [3.8, 4) is 16.9 Å². The van der Waals surface area contributed by atoms with E-state index in [1.807, 2.05) is 74.3 Å². The van der Waals surface area contributed by atoms with Gasteiger partial charge in [-0.05, 0) is 56.9 Å². The van der Waals surface area contributed by atoms with Gasteiger partial charge in [-0.15, -0.1) is 0 Å². The number of aromatic nitrogens is 4. The molecule has 174 valence electrons. The molecule has 1 aliphatic heterocycles. The standard InChI is InChI=1S/C25H32N6O2/c1-17-14-18(2)31(28-17)16-23(32)30-13-7-6-8-22(30)24-21(15-26-25(27-24)29(3)4)19-9-11-20(33-5)12-10-19/h9-12,14-15,22H,6-8,13,16H2,1-5H3/t22-/m1/s1. The highest BCUT2D eigenvalue weighted by Crippen LogP contribution is 2.37. The summed E-state index contributed by atoms with van der Waals surface area (Å²) in [5.74, 6) is 1.50. The van der Waals surface area contributed by atoms with Gasteiger partial charge in [-0.1, -0.05) is 12.1 Å². The molecule has 8 nitrogen and oxygen atoms in total.